The third kappa shape index (κ3) is 3.07. The standard InChI is InChI=1S/C14H12N2O4S/c1-20-13-7-2-4-10(9-15)14(13)16-21(18,19)12-6-3-5-11(17)8-12/h2-8,16-17H,1H3. The normalized spacial score (nSPS) is 10.7. The molecule has 0 aromatic heterocycles. The van der Waals surface area contributed by atoms with E-state index in [4.69, 9.17) is 10.00 Å². The molecule has 2 aromatic carbocycles. The van der Waals surface area contributed by atoms with Gasteiger partial charge in [0.15, 0.2) is 0 Å². The highest BCUT2D eigenvalue weighted by atomic mass is 32.2. The fourth-order valence-corrected chi connectivity index (χ4v) is 2.87. The molecule has 6 nitrogen and oxygen atoms in total. The summed E-state index contributed by atoms with van der Waals surface area (Å²) in [5.41, 5.74) is 0.198. The minimum atomic E-state index is -3.94. The van der Waals surface area contributed by atoms with E-state index in [9.17, 15) is 13.5 Å². The number of phenolic OH excluding ortho intramolecular Hbond substituents is 1. The summed E-state index contributed by atoms with van der Waals surface area (Å²) in [6, 6.07) is 11.7. The Balaban J connectivity index is 2.49. The fraction of sp³-hybridized carbons (Fsp3) is 0.0714. The van der Waals surface area contributed by atoms with Crippen LogP contribution in [0.15, 0.2) is 47.4 Å². The van der Waals surface area contributed by atoms with E-state index in [-0.39, 0.29) is 27.6 Å². The Hall–Kier alpha value is -2.72. The van der Waals surface area contributed by atoms with Crippen molar-refractivity contribution in [2.75, 3.05) is 11.8 Å². The predicted molar refractivity (Wildman–Crippen MR) is 76.6 cm³/mol. The molecule has 0 fully saturated rings. The summed E-state index contributed by atoms with van der Waals surface area (Å²) in [7, 11) is -2.56. The number of benzene rings is 2. The smallest absolute Gasteiger partial charge is 0.262 e. The van der Waals surface area contributed by atoms with Crippen LogP contribution in [-0.2, 0) is 10.0 Å². The van der Waals surface area contributed by atoms with Gasteiger partial charge in [-0.1, -0.05) is 12.1 Å². The molecule has 2 N–H and O–H groups in total. The van der Waals surface area contributed by atoms with Crippen molar-refractivity contribution in [1.29, 1.82) is 5.26 Å². The summed E-state index contributed by atoms with van der Waals surface area (Å²) in [5.74, 6) is 0.0659. The number of anilines is 1. The van der Waals surface area contributed by atoms with E-state index in [0.29, 0.717) is 0 Å². The molecule has 0 heterocycles. The summed E-state index contributed by atoms with van der Waals surface area (Å²) in [4.78, 5) is -0.114. The van der Waals surface area contributed by atoms with Crippen molar-refractivity contribution in [1.82, 2.24) is 0 Å². The maximum absolute atomic E-state index is 12.3. The first kappa shape index (κ1) is 14.7. The van der Waals surface area contributed by atoms with Gasteiger partial charge in [0.1, 0.15) is 23.3 Å². The van der Waals surface area contributed by atoms with E-state index in [1.165, 1.54) is 31.4 Å². The van der Waals surface area contributed by atoms with Gasteiger partial charge in [0.2, 0.25) is 0 Å². The molecule has 0 amide bonds. The molecular weight excluding hydrogens is 292 g/mol. The SMILES string of the molecule is COc1cccc(C#N)c1NS(=O)(=O)c1cccc(O)c1. The lowest BCUT2D eigenvalue weighted by molar-refractivity contribution is 0.416. The molecule has 2 rings (SSSR count). The first-order valence-electron chi connectivity index (χ1n) is 5.87. The minimum Gasteiger partial charge on any atom is -0.508 e. The second-order valence-electron chi connectivity index (χ2n) is 4.10. The zero-order chi connectivity index (χ0) is 15.5. The van der Waals surface area contributed by atoms with Crippen LogP contribution < -0.4 is 9.46 Å². The van der Waals surface area contributed by atoms with Crippen LogP contribution in [0.1, 0.15) is 5.56 Å². The van der Waals surface area contributed by atoms with Crippen molar-refractivity contribution >= 4 is 15.7 Å². The largest absolute Gasteiger partial charge is 0.508 e. The summed E-state index contributed by atoms with van der Waals surface area (Å²) < 4.78 is 32.0. The number of hydrogen-bond acceptors (Lipinski definition) is 5. The first-order chi connectivity index (χ1) is 9.97. The zero-order valence-electron chi connectivity index (χ0n) is 11.1. The molecule has 108 valence electrons. The van der Waals surface area contributed by atoms with Gasteiger partial charge in [0.05, 0.1) is 17.6 Å². The van der Waals surface area contributed by atoms with Gasteiger partial charge < -0.3 is 9.84 Å². The van der Waals surface area contributed by atoms with E-state index in [2.05, 4.69) is 4.72 Å². The number of hydrogen-bond donors (Lipinski definition) is 2. The molecule has 2 aromatic rings. The van der Waals surface area contributed by atoms with Crippen LogP contribution in [0.3, 0.4) is 0 Å². The van der Waals surface area contributed by atoms with Crippen LogP contribution in [0.25, 0.3) is 0 Å². The number of nitrogens with zero attached hydrogens (tertiary/aromatic N) is 1. The van der Waals surface area contributed by atoms with Gasteiger partial charge in [-0.15, -0.1) is 0 Å². The Morgan fingerprint density at radius 3 is 2.57 bits per heavy atom. The molecule has 0 saturated carbocycles. The Bertz CT molecular complexity index is 810. The van der Waals surface area contributed by atoms with Crippen LogP contribution in [-0.4, -0.2) is 20.6 Å². The number of ether oxygens (including phenoxy) is 1. The van der Waals surface area contributed by atoms with Gasteiger partial charge in [-0.05, 0) is 24.3 Å². The summed E-state index contributed by atoms with van der Waals surface area (Å²) in [5, 5.41) is 18.4. The summed E-state index contributed by atoms with van der Waals surface area (Å²) in [6.07, 6.45) is 0. The Kier molecular flexibility index (Phi) is 4.00. The van der Waals surface area contributed by atoms with Gasteiger partial charge in [0.25, 0.3) is 10.0 Å². The van der Waals surface area contributed by atoms with Gasteiger partial charge in [-0.25, -0.2) is 8.42 Å². The molecule has 0 saturated heterocycles. The Morgan fingerprint density at radius 1 is 1.24 bits per heavy atom. The van der Waals surface area contributed by atoms with Gasteiger partial charge in [-0.3, -0.25) is 4.72 Å². The summed E-state index contributed by atoms with van der Waals surface area (Å²) >= 11 is 0. The van der Waals surface area contributed by atoms with Crippen molar-refractivity contribution in [3.05, 3.63) is 48.0 Å². The van der Waals surface area contributed by atoms with Gasteiger partial charge in [-0.2, -0.15) is 5.26 Å². The zero-order valence-corrected chi connectivity index (χ0v) is 11.9. The van der Waals surface area contributed by atoms with E-state index in [1.807, 2.05) is 6.07 Å². The molecular formula is C14H12N2O4S. The number of nitrogens with one attached hydrogen (secondary N) is 1. The molecule has 0 aliphatic heterocycles. The van der Waals surface area contributed by atoms with Crippen LogP contribution in [0, 0.1) is 11.3 Å². The van der Waals surface area contributed by atoms with E-state index >= 15 is 0 Å². The number of nitriles is 1. The first-order valence-corrected chi connectivity index (χ1v) is 7.35. The van der Waals surface area contributed by atoms with E-state index in [0.717, 1.165) is 6.07 Å². The third-order valence-corrected chi connectivity index (χ3v) is 4.08. The van der Waals surface area contributed by atoms with E-state index < -0.39 is 10.0 Å². The number of aromatic hydroxyl groups is 1. The minimum absolute atomic E-state index is 0.0610. The van der Waals surface area contributed by atoms with Crippen molar-refractivity contribution in [3.8, 4) is 17.6 Å². The van der Waals surface area contributed by atoms with Crippen molar-refractivity contribution in [2.24, 2.45) is 0 Å². The molecule has 0 unspecified atom stereocenters. The van der Waals surface area contributed by atoms with E-state index in [1.54, 1.807) is 12.1 Å². The monoisotopic (exact) mass is 304 g/mol. The lowest BCUT2D eigenvalue weighted by Crippen LogP contribution is -2.14. The molecule has 0 bridgehead atoms. The molecule has 21 heavy (non-hydrogen) atoms. The average molecular weight is 304 g/mol. The number of phenols is 1. The Morgan fingerprint density at radius 2 is 1.95 bits per heavy atom. The number of rotatable bonds is 4. The molecule has 0 atom stereocenters. The number of sulfonamides is 1. The van der Waals surface area contributed by atoms with Crippen molar-refractivity contribution in [2.45, 2.75) is 4.90 Å². The fourth-order valence-electron chi connectivity index (χ4n) is 1.74. The number of para-hydroxylation sites is 1. The average Bonchev–Trinajstić information content (AvgIpc) is 2.47. The van der Waals surface area contributed by atoms with Gasteiger partial charge >= 0.3 is 0 Å². The topological polar surface area (TPSA) is 99.4 Å². The quantitative estimate of drug-likeness (QED) is 0.900. The maximum Gasteiger partial charge on any atom is 0.262 e. The molecule has 0 spiro atoms. The highest BCUT2D eigenvalue weighted by Gasteiger charge is 2.19. The predicted octanol–water partition coefficient (Wildman–Crippen LogP) is 2.07. The summed E-state index contributed by atoms with van der Waals surface area (Å²) in [6.45, 7) is 0. The van der Waals surface area contributed by atoms with Crippen molar-refractivity contribution in [3.63, 3.8) is 0 Å². The van der Waals surface area contributed by atoms with Crippen LogP contribution in [0.4, 0.5) is 5.69 Å². The lowest BCUT2D eigenvalue weighted by Gasteiger charge is -2.13. The molecule has 7 heteroatoms. The van der Waals surface area contributed by atoms with Crippen LogP contribution >= 0.6 is 0 Å². The molecule has 0 aliphatic carbocycles. The van der Waals surface area contributed by atoms with Crippen molar-refractivity contribution < 1.29 is 18.3 Å². The van der Waals surface area contributed by atoms with Crippen LogP contribution in [0.2, 0.25) is 0 Å². The van der Waals surface area contributed by atoms with Crippen LogP contribution in [0.5, 0.6) is 11.5 Å². The third-order valence-electron chi connectivity index (χ3n) is 2.73. The molecule has 0 aliphatic rings. The lowest BCUT2D eigenvalue weighted by atomic mass is 10.2. The maximum atomic E-state index is 12.3. The van der Waals surface area contributed by atoms with Gasteiger partial charge in [0, 0.05) is 6.07 Å². The Labute approximate surface area is 122 Å². The second kappa shape index (κ2) is 5.73. The second-order valence-corrected chi connectivity index (χ2v) is 5.78. The molecule has 0 radical (unpaired) electrons. The number of methoxy groups -OCH3 is 1. The highest BCUT2D eigenvalue weighted by molar-refractivity contribution is 7.92. The highest BCUT2D eigenvalue weighted by Crippen LogP contribution is 2.30.